The first-order chi connectivity index (χ1) is 19.1. The molecule has 222 valence electrons. The van der Waals surface area contributed by atoms with Crippen LogP contribution in [0.2, 0.25) is 0 Å². The van der Waals surface area contributed by atoms with Crippen molar-refractivity contribution in [3.63, 3.8) is 0 Å². The molecule has 0 aromatic rings. The van der Waals surface area contributed by atoms with E-state index in [1.807, 2.05) is 33.8 Å². The van der Waals surface area contributed by atoms with Gasteiger partial charge in [-0.15, -0.1) is 0 Å². The van der Waals surface area contributed by atoms with Gasteiger partial charge in [0.1, 0.15) is 11.3 Å². The fourth-order valence-corrected chi connectivity index (χ4v) is 9.34. The molecule has 5 rings (SSSR count). The first kappa shape index (κ1) is 29.6. The van der Waals surface area contributed by atoms with Crippen molar-refractivity contribution >= 4 is 17.7 Å². The summed E-state index contributed by atoms with van der Waals surface area (Å²) in [6, 6.07) is 0. The van der Waals surface area contributed by atoms with E-state index in [2.05, 4.69) is 19.1 Å². The summed E-state index contributed by atoms with van der Waals surface area (Å²) in [5, 5.41) is 33.4. The van der Waals surface area contributed by atoms with Gasteiger partial charge in [-0.05, 0) is 71.1 Å². The zero-order chi connectivity index (χ0) is 30.2. The van der Waals surface area contributed by atoms with Crippen LogP contribution >= 0.6 is 0 Å². The molecule has 0 amide bonds. The molecule has 2 bridgehead atoms. The highest BCUT2D eigenvalue weighted by molar-refractivity contribution is 6.26. The van der Waals surface area contributed by atoms with Crippen LogP contribution in [0.15, 0.2) is 57.9 Å². The Morgan fingerprint density at radius 1 is 1.05 bits per heavy atom. The Kier molecular flexibility index (Phi) is 7.08. The molecule has 5 aliphatic rings. The number of aliphatic carboxylic acids is 1. The van der Waals surface area contributed by atoms with Crippen molar-refractivity contribution in [3.8, 4) is 0 Å². The van der Waals surface area contributed by atoms with Gasteiger partial charge in [-0.2, -0.15) is 0 Å². The average molecular weight is 565 g/mol. The van der Waals surface area contributed by atoms with Gasteiger partial charge in [-0.1, -0.05) is 61.8 Å². The zero-order valence-corrected chi connectivity index (χ0v) is 25.3. The Labute approximate surface area is 242 Å². The summed E-state index contributed by atoms with van der Waals surface area (Å²) in [6.45, 7) is 13.6. The number of hydrogen-bond acceptors (Lipinski definition) is 6. The lowest BCUT2D eigenvalue weighted by atomic mass is 9.49. The van der Waals surface area contributed by atoms with Crippen LogP contribution in [0.4, 0.5) is 0 Å². The van der Waals surface area contributed by atoms with Gasteiger partial charge in [0.25, 0.3) is 0 Å². The summed E-state index contributed by atoms with van der Waals surface area (Å²) in [6.07, 6.45) is 10.0. The van der Waals surface area contributed by atoms with E-state index in [-0.39, 0.29) is 47.0 Å². The Balaban J connectivity index is 1.83. The monoisotopic (exact) mass is 564 g/mol. The molecule has 0 aromatic carbocycles. The maximum Gasteiger partial charge on any atom is 0.346 e. The van der Waals surface area contributed by atoms with E-state index >= 15 is 0 Å². The van der Waals surface area contributed by atoms with Crippen LogP contribution < -0.4 is 0 Å². The minimum Gasteiger partial charge on any atom is -0.511 e. The molecule has 0 unspecified atom stereocenters. The van der Waals surface area contributed by atoms with E-state index in [9.17, 15) is 29.7 Å². The summed E-state index contributed by atoms with van der Waals surface area (Å²) in [4.78, 5) is 40.7. The average Bonchev–Trinajstić information content (AvgIpc) is 3.12. The molecule has 1 spiro atoms. The quantitative estimate of drug-likeness (QED) is 0.203. The van der Waals surface area contributed by atoms with Crippen LogP contribution in [0.1, 0.15) is 80.6 Å². The summed E-state index contributed by atoms with van der Waals surface area (Å²) in [5.41, 5.74) is -1.09. The van der Waals surface area contributed by atoms with E-state index in [0.29, 0.717) is 12.8 Å². The highest BCUT2D eigenvalue weighted by Gasteiger charge is 2.66. The van der Waals surface area contributed by atoms with Gasteiger partial charge in [0.05, 0.1) is 11.5 Å². The second kappa shape index (κ2) is 9.82. The lowest BCUT2D eigenvalue weighted by molar-refractivity contribution is -0.162. The second-order valence-corrected chi connectivity index (χ2v) is 13.9. The summed E-state index contributed by atoms with van der Waals surface area (Å²) in [7, 11) is 0. The van der Waals surface area contributed by atoms with Gasteiger partial charge in [-0.3, -0.25) is 4.79 Å². The van der Waals surface area contributed by atoms with Gasteiger partial charge in [0, 0.05) is 29.2 Å². The van der Waals surface area contributed by atoms with Crippen LogP contribution in [-0.2, 0) is 19.1 Å². The minimum atomic E-state index is -1.67. The number of allylic oxidation sites excluding steroid dienone is 5. The van der Waals surface area contributed by atoms with Gasteiger partial charge in [0.2, 0.25) is 5.78 Å². The van der Waals surface area contributed by atoms with E-state index in [4.69, 9.17) is 4.74 Å². The smallest absolute Gasteiger partial charge is 0.346 e. The molecule has 4 aliphatic carbocycles. The Morgan fingerprint density at radius 2 is 1.73 bits per heavy atom. The predicted molar refractivity (Wildman–Crippen MR) is 155 cm³/mol. The third-order valence-corrected chi connectivity index (χ3v) is 11.1. The maximum absolute atomic E-state index is 14.7. The van der Waals surface area contributed by atoms with Crippen LogP contribution in [0, 0.1) is 40.4 Å². The Bertz CT molecular complexity index is 1360. The van der Waals surface area contributed by atoms with E-state index < -0.39 is 46.2 Å². The fraction of sp³-hybridized carbons (Fsp3) is 0.618. The number of carboxylic acid groups (broad SMARTS) is 1. The normalized spacial score (nSPS) is 45.6. The number of ketones is 1. The van der Waals surface area contributed by atoms with E-state index in [1.165, 1.54) is 0 Å². The lowest BCUT2D eigenvalue weighted by Crippen LogP contribution is -2.55. The molecule has 7 heteroatoms. The van der Waals surface area contributed by atoms with E-state index in [1.54, 1.807) is 19.9 Å². The minimum absolute atomic E-state index is 0.00425. The van der Waals surface area contributed by atoms with Crippen molar-refractivity contribution in [1.29, 1.82) is 0 Å². The number of fused-ring (bicyclic) bond motifs is 4. The number of esters is 1. The SMILES string of the molecule is CC1=C[C@H]2[C@@H]([C@@H](C)CC[C@@H]2O)[C@]2(C)C(O)=C3C(=O)O[C@]4(C[C@@H](C)C(C(=O)O)=C[C@@]4(C)/C=C(\C)CC/C=C(\C)[C@H]12)C3=O. The van der Waals surface area contributed by atoms with Crippen LogP contribution in [0.25, 0.3) is 0 Å². The lowest BCUT2D eigenvalue weighted by Gasteiger charge is -2.55. The van der Waals surface area contributed by atoms with Gasteiger partial charge >= 0.3 is 11.9 Å². The number of Topliss-reactive ketones (excluding diaryl/α,β-unsaturated/α-hetero) is 1. The predicted octanol–water partition coefficient (Wildman–Crippen LogP) is 6.01. The number of carbonyl (C=O) groups is 3. The molecule has 41 heavy (non-hydrogen) atoms. The van der Waals surface area contributed by atoms with Crippen molar-refractivity contribution in [2.75, 3.05) is 0 Å². The van der Waals surface area contributed by atoms with E-state index in [0.717, 1.165) is 29.6 Å². The molecule has 9 atom stereocenters. The number of carbonyl (C=O) groups excluding carboxylic acids is 2. The van der Waals surface area contributed by atoms with Crippen molar-refractivity contribution in [2.24, 2.45) is 40.4 Å². The number of rotatable bonds is 1. The van der Waals surface area contributed by atoms with Gasteiger partial charge in [-0.25, -0.2) is 9.59 Å². The van der Waals surface area contributed by atoms with Crippen molar-refractivity contribution in [3.05, 3.63) is 57.9 Å². The molecule has 1 aliphatic heterocycles. The van der Waals surface area contributed by atoms with Crippen molar-refractivity contribution < 1.29 is 34.4 Å². The standard InChI is InChI=1S/C34H44O7/c1-17-9-8-10-18(2)26-20(4)13-22-24(35)12-11-19(3)27(22)33(26,7)28(36)25-29(37)34(41-31(25)40)15-21(5)23(30(38)39)16-32(34,6)14-17/h10,13-14,16,19,21-22,24,26-27,35-36H,8-9,11-12,15H2,1-7H3,(H,38,39)/b17-14+,18-10+,28-25?/t19-,21+,22+,24-,26+,27+,32+,33+,34+/m0/s1. The van der Waals surface area contributed by atoms with Gasteiger partial charge in [0.15, 0.2) is 5.60 Å². The number of carboxylic acids is 1. The van der Waals surface area contributed by atoms with Crippen LogP contribution in [0.5, 0.6) is 0 Å². The molecule has 3 N–H and O–H groups in total. The topological polar surface area (TPSA) is 121 Å². The first-order valence-electron chi connectivity index (χ1n) is 15.0. The van der Waals surface area contributed by atoms with Crippen LogP contribution in [0.3, 0.4) is 0 Å². The fourth-order valence-electron chi connectivity index (χ4n) is 9.34. The molecule has 2 fully saturated rings. The first-order valence-corrected chi connectivity index (χ1v) is 15.0. The summed E-state index contributed by atoms with van der Waals surface area (Å²) in [5.74, 6) is -3.93. The molecule has 7 nitrogen and oxygen atoms in total. The molecule has 0 radical (unpaired) electrons. The Morgan fingerprint density at radius 3 is 2.39 bits per heavy atom. The van der Waals surface area contributed by atoms with Crippen molar-refractivity contribution in [1.82, 2.24) is 0 Å². The van der Waals surface area contributed by atoms with Crippen LogP contribution in [-0.4, -0.2) is 44.7 Å². The molecular formula is C34H44O7. The molecule has 0 aromatic heterocycles. The summed E-state index contributed by atoms with van der Waals surface area (Å²) >= 11 is 0. The zero-order valence-electron chi connectivity index (χ0n) is 25.3. The summed E-state index contributed by atoms with van der Waals surface area (Å²) < 4.78 is 6.09. The third-order valence-electron chi connectivity index (χ3n) is 11.1. The van der Waals surface area contributed by atoms with Crippen molar-refractivity contribution in [2.45, 2.75) is 92.3 Å². The molecule has 1 saturated heterocycles. The van der Waals surface area contributed by atoms with Gasteiger partial charge < -0.3 is 20.1 Å². The highest BCUT2D eigenvalue weighted by Crippen LogP contribution is 2.62. The maximum atomic E-state index is 14.7. The second-order valence-electron chi connectivity index (χ2n) is 13.9. The molecular weight excluding hydrogens is 520 g/mol. The molecule has 1 saturated carbocycles. The third kappa shape index (κ3) is 4.13. The number of aliphatic hydroxyl groups excluding tert-OH is 2. The number of hydrogen-bond donors (Lipinski definition) is 3. The highest BCUT2D eigenvalue weighted by atomic mass is 16.6. The molecule has 1 heterocycles. The Hall–Kier alpha value is -2.93. The number of ether oxygens (including phenoxy) is 1. The number of aliphatic hydroxyl groups is 2. The largest absolute Gasteiger partial charge is 0.511 e.